The molecule has 2 amide bonds. The quantitative estimate of drug-likeness (QED) is 0.727. The summed E-state index contributed by atoms with van der Waals surface area (Å²) in [7, 11) is 0. The maximum Gasteiger partial charge on any atom is 0.247 e. The summed E-state index contributed by atoms with van der Waals surface area (Å²) in [4.78, 5) is 31.0. The van der Waals surface area contributed by atoms with Crippen LogP contribution in [0.2, 0.25) is 0 Å². The van der Waals surface area contributed by atoms with Crippen LogP contribution in [0.3, 0.4) is 0 Å². The maximum atomic E-state index is 11.7. The predicted octanol–water partition coefficient (Wildman–Crippen LogP) is 0.160. The van der Waals surface area contributed by atoms with Crippen molar-refractivity contribution in [3.63, 3.8) is 0 Å². The van der Waals surface area contributed by atoms with Crippen LogP contribution in [-0.4, -0.2) is 31.9 Å². The lowest BCUT2D eigenvalue weighted by Crippen LogP contribution is -2.40. The number of thioether (sulfide) groups is 1. The van der Waals surface area contributed by atoms with Crippen molar-refractivity contribution in [2.75, 3.05) is 5.75 Å². The van der Waals surface area contributed by atoms with Crippen molar-refractivity contribution in [1.29, 1.82) is 0 Å². The fraction of sp³-hybridized carbons (Fsp3) is 0.200. The highest BCUT2D eigenvalue weighted by Gasteiger charge is 2.31. The van der Waals surface area contributed by atoms with E-state index in [0.29, 0.717) is 5.82 Å². The van der Waals surface area contributed by atoms with Crippen LogP contribution < -0.4 is 5.32 Å². The molecule has 6 nitrogen and oxygen atoms in total. The van der Waals surface area contributed by atoms with Gasteiger partial charge in [0.15, 0.2) is 0 Å². The van der Waals surface area contributed by atoms with Crippen molar-refractivity contribution >= 4 is 29.1 Å². The van der Waals surface area contributed by atoms with Gasteiger partial charge in [0.1, 0.15) is 17.4 Å². The average Bonchev–Trinajstić information content (AvgIpc) is 2.73. The first kappa shape index (κ1) is 10.3. The van der Waals surface area contributed by atoms with Gasteiger partial charge in [-0.25, -0.2) is 9.97 Å². The monoisotopic (exact) mass is 248 g/mol. The van der Waals surface area contributed by atoms with Gasteiger partial charge in [0, 0.05) is 6.20 Å². The molecule has 17 heavy (non-hydrogen) atoms. The smallest absolute Gasteiger partial charge is 0.247 e. The number of imidazole rings is 1. The fourth-order valence-corrected chi connectivity index (χ4v) is 2.65. The Labute approximate surface area is 100 Å². The van der Waals surface area contributed by atoms with Gasteiger partial charge in [-0.05, 0) is 6.07 Å². The molecule has 1 saturated heterocycles. The third-order valence-corrected chi connectivity index (χ3v) is 3.67. The molecule has 2 aromatic rings. The molecule has 7 heteroatoms. The third-order valence-electron chi connectivity index (χ3n) is 2.48. The summed E-state index contributed by atoms with van der Waals surface area (Å²) in [5.74, 6) is 0.298. The zero-order valence-corrected chi connectivity index (χ0v) is 9.48. The van der Waals surface area contributed by atoms with Crippen molar-refractivity contribution < 1.29 is 9.59 Å². The topological polar surface area (TPSA) is 76.4 Å². The minimum atomic E-state index is -0.459. The number of imide groups is 1. The number of hydrogen-bond donors (Lipinski definition) is 1. The molecule has 0 bridgehead atoms. The van der Waals surface area contributed by atoms with Crippen molar-refractivity contribution in [2.24, 2.45) is 0 Å². The number of fused-ring (bicyclic) bond motifs is 1. The summed E-state index contributed by atoms with van der Waals surface area (Å²) >= 11 is 1.28. The lowest BCUT2D eigenvalue weighted by Gasteiger charge is -2.19. The highest BCUT2D eigenvalue weighted by molar-refractivity contribution is 8.01. The third kappa shape index (κ3) is 1.68. The second-order valence-electron chi connectivity index (χ2n) is 3.60. The van der Waals surface area contributed by atoms with Crippen LogP contribution in [0.15, 0.2) is 24.8 Å². The van der Waals surface area contributed by atoms with Crippen LogP contribution in [0.25, 0.3) is 5.52 Å². The molecule has 1 aliphatic rings. The van der Waals surface area contributed by atoms with E-state index in [-0.39, 0.29) is 17.6 Å². The lowest BCUT2D eigenvalue weighted by atomic mass is 10.3. The Balaban J connectivity index is 2.04. The number of carbonyl (C=O) groups is 2. The van der Waals surface area contributed by atoms with Gasteiger partial charge >= 0.3 is 0 Å². The van der Waals surface area contributed by atoms with E-state index in [9.17, 15) is 9.59 Å². The molecule has 0 aliphatic carbocycles. The van der Waals surface area contributed by atoms with Crippen LogP contribution in [0, 0.1) is 0 Å². The van der Waals surface area contributed by atoms with Crippen LogP contribution >= 0.6 is 11.8 Å². The molecule has 0 spiro atoms. The lowest BCUT2D eigenvalue weighted by molar-refractivity contribution is -0.129. The zero-order chi connectivity index (χ0) is 11.8. The number of nitrogens with one attached hydrogen (secondary N) is 1. The number of carbonyl (C=O) groups excluding carboxylic acids is 2. The summed E-state index contributed by atoms with van der Waals surface area (Å²) in [5, 5.41) is 1.85. The van der Waals surface area contributed by atoms with Gasteiger partial charge in [-0.3, -0.25) is 19.3 Å². The Hall–Kier alpha value is -1.89. The second-order valence-corrected chi connectivity index (χ2v) is 4.69. The van der Waals surface area contributed by atoms with Gasteiger partial charge in [0.25, 0.3) is 0 Å². The zero-order valence-electron chi connectivity index (χ0n) is 8.66. The van der Waals surface area contributed by atoms with E-state index >= 15 is 0 Å². The molecule has 3 rings (SSSR count). The standard InChI is InChI=1S/C10H8N4O2S/c15-7-4-17-8(10(16)13-7)9-12-3-6-1-2-11-5-14(6)9/h1-3,5,8H,4H2,(H,13,15,16). The molecule has 86 valence electrons. The van der Waals surface area contributed by atoms with E-state index in [0.717, 1.165) is 5.52 Å². The maximum absolute atomic E-state index is 11.7. The molecule has 2 aromatic heterocycles. The Morgan fingerprint density at radius 1 is 1.47 bits per heavy atom. The van der Waals surface area contributed by atoms with E-state index in [1.54, 1.807) is 23.1 Å². The van der Waals surface area contributed by atoms with Gasteiger partial charge < -0.3 is 0 Å². The van der Waals surface area contributed by atoms with Crippen molar-refractivity contribution in [1.82, 2.24) is 19.7 Å². The van der Waals surface area contributed by atoms with E-state index in [1.807, 2.05) is 6.07 Å². The summed E-state index contributed by atoms with van der Waals surface area (Å²) in [6.07, 6.45) is 4.96. The van der Waals surface area contributed by atoms with Gasteiger partial charge in [0.2, 0.25) is 11.8 Å². The number of aromatic nitrogens is 3. The number of amides is 2. The molecule has 1 unspecified atom stereocenters. The number of hydrogen-bond acceptors (Lipinski definition) is 5. The normalized spacial score (nSPS) is 20.6. The van der Waals surface area contributed by atoms with Crippen LogP contribution in [-0.2, 0) is 9.59 Å². The van der Waals surface area contributed by atoms with Crippen molar-refractivity contribution in [3.05, 3.63) is 30.6 Å². The predicted molar refractivity (Wildman–Crippen MR) is 61.3 cm³/mol. The molecule has 0 aromatic carbocycles. The highest BCUT2D eigenvalue weighted by atomic mass is 32.2. The first-order chi connectivity index (χ1) is 8.25. The largest absolute Gasteiger partial charge is 0.294 e. The molecule has 3 heterocycles. The second kappa shape index (κ2) is 3.85. The minimum absolute atomic E-state index is 0.254. The summed E-state index contributed by atoms with van der Waals surface area (Å²) in [6, 6.07) is 1.81. The van der Waals surface area contributed by atoms with Crippen molar-refractivity contribution in [2.45, 2.75) is 5.25 Å². The summed E-state index contributed by atoms with van der Waals surface area (Å²) < 4.78 is 1.76. The summed E-state index contributed by atoms with van der Waals surface area (Å²) in [5.41, 5.74) is 0.875. The molecule has 1 fully saturated rings. The Morgan fingerprint density at radius 3 is 3.18 bits per heavy atom. The first-order valence-corrected chi connectivity index (χ1v) is 6.03. The Morgan fingerprint density at radius 2 is 2.35 bits per heavy atom. The molecule has 1 N–H and O–H groups in total. The van der Waals surface area contributed by atoms with Gasteiger partial charge in [-0.2, -0.15) is 0 Å². The van der Waals surface area contributed by atoms with E-state index in [2.05, 4.69) is 15.3 Å². The van der Waals surface area contributed by atoms with Gasteiger partial charge in [0.05, 0.1) is 17.5 Å². The average molecular weight is 248 g/mol. The minimum Gasteiger partial charge on any atom is -0.294 e. The molecule has 0 saturated carbocycles. The molecule has 1 aliphatic heterocycles. The highest BCUT2D eigenvalue weighted by Crippen LogP contribution is 2.30. The van der Waals surface area contributed by atoms with Crippen LogP contribution in [0.4, 0.5) is 0 Å². The number of rotatable bonds is 1. The van der Waals surface area contributed by atoms with Gasteiger partial charge in [-0.15, -0.1) is 11.8 Å². The summed E-state index contributed by atoms with van der Waals surface area (Å²) in [6.45, 7) is 0. The molecule has 0 radical (unpaired) electrons. The SMILES string of the molecule is O=C1CSC(c2ncc3ccncn23)C(=O)N1. The van der Waals surface area contributed by atoms with Crippen molar-refractivity contribution in [3.8, 4) is 0 Å². The number of nitrogens with zero attached hydrogens (tertiary/aromatic N) is 3. The van der Waals surface area contributed by atoms with Crippen LogP contribution in [0.5, 0.6) is 0 Å². The van der Waals surface area contributed by atoms with E-state index < -0.39 is 5.25 Å². The van der Waals surface area contributed by atoms with Gasteiger partial charge in [-0.1, -0.05) is 0 Å². The fourth-order valence-electron chi connectivity index (χ4n) is 1.72. The first-order valence-electron chi connectivity index (χ1n) is 4.98. The van der Waals surface area contributed by atoms with E-state index in [4.69, 9.17) is 0 Å². The molecular formula is C10H8N4O2S. The Bertz CT molecular complexity index is 609. The van der Waals surface area contributed by atoms with E-state index in [1.165, 1.54) is 11.8 Å². The van der Waals surface area contributed by atoms with Crippen LogP contribution in [0.1, 0.15) is 11.1 Å². The molecular weight excluding hydrogens is 240 g/mol. The Kier molecular flexibility index (Phi) is 2.32. The molecule has 1 atom stereocenters.